The fourth-order valence-electron chi connectivity index (χ4n) is 2.48. The SMILES string of the molecule is Cc1cc(C(=N)N)nc(N2CCN(CC(C)C)CC2)n1. The largest absolute Gasteiger partial charge is 0.382 e. The standard InChI is InChI=1S/C14H24N6/c1-10(2)9-19-4-6-20(7-5-19)14-17-11(3)8-12(18-14)13(15)16/h8,10H,4-7,9H2,1-3H3,(H3,15,16). The molecule has 110 valence electrons. The highest BCUT2D eigenvalue weighted by atomic mass is 15.3. The molecule has 0 bridgehead atoms. The monoisotopic (exact) mass is 276 g/mol. The zero-order chi connectivity index (χ0) is 14.7. The van der Waals surface area contributed by atoms with Crippen LogP contribution in [-0.2, 0) is 0 Å². The van der Waals surface area contributed by atoms with Crippen molar-refractivity contribution in [1.82, 2.24) is 14.9 Å². The molecule has 3 N–H and O–H groups in total. The first-order valence-electron chi connectivity index (χ1n) is 7.13. The minimum Gasteiger partial charge on any atom is -0.382 e. The summed E-state index contributed by atoms with van der Waals surface area (Å²) in [7, 11) is 0. The molecule has 1 fully saturated rings. The summed E-state index contributed by atoms with van der Waals surface area (Å²) in [6, 6.07) is 1.75. The minimum absolute atomic E-state index is 0.00445. The van der Waals surface area contributed by atoms with Gasteiger partial charge in [0.2, 0.25) is 5.95 Å². The van der Waals surface area contributed by atoms with Gasteiger partial charge >= 0.3 is 0 Å². The quantitative estimate of drug-likeness (QED) is 0.629. The van der Waals surface area contributed by atoms with Crippen molar-refractivity contribution >= 4 is 11.8 Å². The molecule has 0 unspecified atom stereocenters. The molecule has 0 spiro atoms. The van der Waals surface area contributed by atoms with Crippen molar-refractivity contribution in [3.63, 3.8) is 0 Å². The molecule has 1 aromatic rings. The molecule has 0 aliphatic carbocycles. The van der Waals surface area contributed by atoms with E-state index < -0.39 is 0 Å². The summed E-state index contributed by atoms with van der Waals surface area (Å²) < 4.78 is 0. The predicted octanol–water partition coefficient (Wildman–Crippen LogP) is 0.847. The maximum atomic E-state index is 7.51. The van der Waals surface area contributed by atoms with Crippen LogP contribution in [0.3, 0.4) is 0 Å². The predicted molar refractivity (Wildman–Crippen MR) is 81.3 cm³/mol. The molecule has 2 heterocycles. The van der Waals surface area contributed by atoms with Gasteiger partial charge in [0.05, 0.1) is 0 Å². The highest BCUT2D eigenvalue weighted by Gasteiger charge is 2.20. The number of aromatic nitrogens is 2. The van der Waals surface area contributed by atoms with Crippen molar-refractivity contribution in [2.24, 2.45) is 11.7 Å². The van der Waals surface area contributed by atoms with Gasteiger partial charge in [0, 0.05) is 38.4 Å². The summed E-state index contributed by atoms with van der Waals surface area (Å²) in [6.07, 6.45) is 0. The Labute approximate surface area is 120 Å². The van der Waals surface area contributed by atoms with Gasteiger partial charge in [-0.15, -0.1) is 0 Å². The lowest BCUT2D eigenvalue weighted by Crippen LogP contribution is -2.48. The van der Waals surface area contributed by atoms with E-state index in [4.69, 9.17) is 11.1 Å². The van der Waals surface area contributed by atoms with Crippen molar-refractivity contribution < 1.29 is 0 Å². The first-order valence-corrected chi connectivity index (χ1v) is 7.13. The van der Waals surface area contributed by atoms with E-state index in [1.54, 1.807) is 6.07 Å². The molecule has 1 aliphatic heterocycles. The first-order chi connectivity index (χ1) is 9.45. The van der Waals surface area contributed by atoms with E-state index in [2.05, 4.69) is 33.6 Å². The molecule has 1 aliphatic rings. The summed E-state index contributed by atoms with van der Waals surface area (Å²) in [6.45, 7) is 11.5. The molecule has 0 saturated carbocycles. The molecule has 0 atom stereocenters. The van der Waals surface area contributed by atoms with Gasteiger partial charge in [-0.3, -0.25) is 10.3 Å². The molecule has 2 rings (SSSR count). The molecule has 0 aromatic carbocycles. The lowest BCUT2D eigenvalue weighted by molar-refractivity contribution is 0.230. The van der Waals surface area contributed by atoms with Crippen molar-refractivity contribution in [2.75, 3.05) is 37.6 Å². The zero-order valence-corrected chi connectivity index (χ0v) is 12.6. The van der Waals surface area contributed by atoms with E-state index >= 15 is 0 Å². The average molecular weight is 276 g/mol. The Morgan fingerprint density at radius 2 is 1.95 bits per heavy atom. The number of hydrogen-bond donors (Lipinski definition) is 2. The van der Waals surface area contributed by atoms with Gasteiger partial charge in [0.1, 0.15) is 11.5 Å². The summed E-state index contributed by atoms with van der Waals surface area (Å²) in [5.41, 5.74) is 6.89. The summed E-state index contributed by atoms with van der Waals surface area (Å²) in [4.78, 5) is 13.5. The van der Waals surface area contributed by atoms with E-state index in [1.807, 2.05) is 6.92 Å². The molecule has 20 heavy (non-hydrogen) atoms. The third-order valence-electron chi connectivity index (χ3n) is 3.40. The Hall–Kier alpha value is -1.69. The topological polar surface area (TPSA) is 82.1 Å². The number of nitrogens with one attached hydrogen (secondary N) is 1. The molecule has 6 heteroatoms. The minimum atomic E-state index is -0.00445. The molecule has 0 amide bonds. The second-order valence-corrected chi connectivity index (χ2v) is 5.79. The normalized spacial score (nSPS) is 16.7. The summed E-state index contributed by atoms with van der Waals surface area (Å²) in [5.74, 6) is 1.38. The smallest absolute Gasteiger partial charge is 0.226 e. The fraction of sp³-hybridized carbons (Fsp3) is 0.643. The van der Waals surface area contributed by atoms with Gasteiger partial charge in [0.15, 0.2) is 0 Å². The molecular weight excluding hydrogens is 252 g/mol. The maximum absolute atomic E-state index is 7.51. The van der Waals surface area contributed by atoms with Crippen molar-refractivity contribution in [3.05, 3.63) is 17.5 Å². The van der Waals surface area contributed by atoms with Gasteiger partial charge in [0.25, 0.3) is 0 Å². The van der Waals surface area contributed by atoms with Crippen molar-refractivity contribution in [1.29, 1.82) is 5.41 Å². The van der Waals surface area contributed by atoms with Crippen LogP contribution in [0.15, 0.2) is 6.07 Å². The van der Waals surface area contributed by atoms with Gasteiger partial charge in [-0.1, -0.05) is 13.8 Å². The second-order valence-electron chi connectivity index (χ2n) is 5.79. The van der Waals surface area contributed by atoms with Crippen LogP contribution in [0.4, 0.5) is 5.95 Å². The molecule has 1 saturated heterocycles. The van der Waals surface area contributed by atoms with Crippen LogP contribution in [0.5, 0.6) is 0 Å². The van der Waals surface area contributed by atoms with E-state index in [1.165, 1.54) is 0 Å². The van der Waals surface area contributed by atoms with E-state index in [-0.39, 0.29) is 5.84 Å². The number of anilines is 1. The van der Waals surface area contributed by atoms with Gasteiger partial charge < -0.3 is 10.6 Å². The van der Waals surface area contributed by atoms with Gasteiger partial charge in [-0.2, -0.15) is 0 Å². The summed E-state index contributed by atoms with van der Waals surface area (Å²) >= 11 is 0. The number of piperazine rings is 1. The Balaban J connectivity index is 2.05. The van der Waals surface area contributed by atoms with Crippen molar-refractivity contribution in [3.8, 4) is 0 Å². The van der Waals surface area contributed by atoms with E-state index in [0.29, 0.717) is 17.6 Å². The number of aryl methyl sites for hydroxylation is 1. The van der Waals surface area contributed by atoms with Gasteiger partial charge in [-0.25, -0.2) is 9.97 Å². The van der Waals surface area contributed by atoms with E-state index in [0.717, 1.165) is 38.4 Å². The Bertz CT molecular complexity index is 477. The Morgan fingerprint density at radius 1 is 1.30 bits per heavy atom. The Morgan fingerprint density at radius 3 is 2.50 bits per heavy atom. The number of rotatable bonds is 4. The van der Waals surface area contributed by atoms with Crippen LogP contribution in [0.2, 0.25) is 0 Å². The van der Waals surface area contributed by atoms with Gasteiger partial charge in [-0.05, 0) is 18.9 Å². The highest BCUT2D eigenvalue weighted by molar-refractivity contribution is 5.93. The second kappa shape index (κ2) is 6.17. The lowest BCUT2D eigenvalue weighted by Gasteiger charge is -2.35. The lowest BCUT2D eigenvalue weighted by atomic mass is 10.2. The Kier molecular flexibility index (Phi) is 4.54. The number of nitrogen functional groups attached to an aromatic ring is 1. The molecule has 1 aromatic heterocycles. The van der Waals surface area contributed by atoms with Crippen LogP contribution >= 0.6 is 0 Å². The maximum Gasteiger partial charge on any atom is 0.226 e. The molecule has 0 radical (unpaired) electrons. The number of amidine groups is 1. The highest BCUT2D eigenvalue weighted by Crippen LogP contribution is 2.13. The van der Waals surface area contributed by atoms with Crippen molar-refractivity contribution in [2.45, 2.75) is 20.8 Å². The average Bonchev–Trinajstić information content (AvgIpc) is 2.38. The fourth-order valence-corrected chi connectivity index (χ4v) is 2.48. The van der Waals surface area contributed by atoms with Crippen LogP contribution in [0, 0.1) is 18.3 Å². The zero-order valence-electron chi connectivity index (χ0n) is 12.6. The van der Waals surface area contributed by atoms with Crippen LogP contribution in [-0.4, -0.2) is 53.4 Å². The van der Waals surface area contributed by atoms with Crippen LogP contribution in [0.25, 0.3) is 0 Å². The number of hydrogen-bond acceptors (Lipinski definition) is 5. The molecular formula is C14H24N6. The van der Waals surface area contributed by atoms with E-state index in [9.17, 15) is 0 Å². The number of nitrogens with zero attached hydrogens (tertiary/aromatic N) is 4. The molecule has 6 nitrogen and oxygen atoms in total. The van der Waals surface area contributed by atoms with Crippen LogP contribution < -0.4 is 10.6 Å². The summed E-state index contributed by atoms with van der Waals surface area (Å²) in [5, 5.41) is 7.51. The van der Waals surface area contributed by atoms with Crippen LogP contribution in [0.1, 0.15) is 25.2 Å². The number of nitrogens with two attached hydrogens (primary N) is 1. The first kappa shape index (κ1) is 14.7. The third-order valence-corrected chi connectivity index (χ3v) is 3.40. The third kappa shape index (κ3) is 3.66.